The van der Waals surface area contributed by atoms with Gasteiger partial charge in [-0.25, -0.2) is 4.79 Å². The lowest BCUT2D eigenvalue weighted by molar-refractivity contribution is -0.239. The Labute approximate surface area is 95.1 Å². The SMILES string of the molecule is [CH2]CCOOC(=O)c1ccccc1OCC. The second kappa shape index (κ2) is 6.85. The molecule has 1 radical (unpaired) electrons. The van der Waals surface area contributed by atoms with Crippen molar-refractivity contribution in [1.82, 2.24) is 0 Å². The van der Waals surface area contributed by atoms with Crippen LogP contribution in [0.4, 0.5) is 0 Å². The predicted molar refractivity (Wildman–Crippen MR) is 59.0 cm³/mol. The number of carbonyl (C=O) groups is 1. The van der Waals surface area contributed by atoms with Gasteiger partial charge in [-0.2, -0.15) is 4.89 Å². The summed E-state index contributed by atoms with van der Waals surface area (Å²) in [5.74, 6) is -0.0641. The maximum Gasteiger partial charge on any atom is 0.376 e. The van der Waals surface area contributed by atoms with Crippen LogP contribution in [0, 0.1) is 6.92 Å². The van der Waals surface area contributed by atoms with Crippen LogP contribution in [0.3, 0.4) is 0 Å². The van der Waals surface area contributed by atoms with Gasteiger partial charge in [0.15, 0.2) is 0 Å². The fraction of sp³-hybridized carbons (Fsp3) is 0.333. The summed E-state index contributed by atoms with van der Waals surface area (Å²) in [5, 5.41) is 0. The number of rotatable bonds is 6. The standard InChI is InChI=1S/C12H15O4/c1-3-9-15-16-12(13)10-7-5-6-8-11(10)14-4-2/h5-8H,1,3-4,9H2,2H3. The van der Waals surface area contributed by atoms with Crippen molar-refractivity contribution in [3.8, 4) is 5.75 Å². The molecule has 0 bridgehead atoms. The molecule has 0 fully saturated rings. The Morgan fingerprint density at radius 1 is 1.38 bits per heavy atom. The maximum absolute atomic E-state index is 11.6. The first kappa shape index (κ1) is 12.5. The fourth-order valence-corrected chi connectivity index (χ4v) is 1.12. The van der Waals surface area contributed by atoms with E-state index in [0.29, 0.717) is 24.3 Å². The molecule has 16 heavy (non-hydrogen) atoms. The van der Waals surface area contributed by atoms with Gasteiger partial charge in [0.2, 0.25) is 0 Å². The van der Waals surface area contributed by atoms with E-state index >= 15 is 0 Å². The summed E-state index contributed by atoms with van der Waals surface area (Å²) in [4.78, 5) is 20.8. The second-order valence-corrected chi connectivity index (χ2v) is 2.98. The second-order valence-electron chi connectivity index (χ2n) is 2.98. The molecule has 1 rings (SSSR count). The third kappa shape index (κ3) is 3.55. The van der Waals surface area contributed by atoms with Crippen molar-refractivity contribution in [3.63, 3.8) is 0 Å². The smallest absolute Gasteiger partial charge is 0.376 e. The third-order valence-corrected chi connectivity index (χ3v) is 1.77. The van der Waals surface area contributed by atoms with E-state index in [2.05, 4.69) is 16.7 Å². The number of ether oxygens (including phenoxy) is 1. The van der Waals surface area contributed by atoms with E-state index in [9.17, 15) is 4.79 Å². The molecule has 0 aliphatic carbocycles. The first-order chi connectivity index (χ1) is 7.79. The summed E-state index contributed by atoms with van der Waals surface area (Å²) in [6, 6.07) is 6.86. The van der Waals surface area contributed by atoms with E-state index in [1.807, 2.05) is 6.92 Å². The highest BCUT2D eigenvalue weighted by atomic mass is 17.2. The molecule has 0 spiro atoms. The van der Waals surface area contributed by atoms with Crippen LogP contribution in [0.2, 0.25) is 0 Å². The fourth-order valence-electron chi connectivity index (χ4n) is 1.12. The largest absolute Gasteiger partial charge is 0.493 e. The van der Waals surface area contributed by atoms with Crippen molar-refractivity contribution in [2.75, 3.05) is 13.2 Å². The molecule has 0 N–H and O–H groups in total. The van der Waals surface area contributed by atoms with Gasteiger partial charge < -0.3 is 4.74 Å². The minimum absolute atomic E-state index is 0.280. The van der Waals surface area contributed by atoms with Gasteiger partial charge in [-0.15, -0.1) is 0 Å². The van der Waals surface area contributed by atoms with E-state index in [1.165, 1.54) is 0 Å². The molecule has 1 aromatic carbocycles. The lowest BCUT2D eigenvalue weighted by atomic mass is 10.2. The van der Waals surface area contributed by atoms with Crippen molar-refractivity contribution in [2.24, 2.45) is 0 Å². The van der Waals surface area contributed by atoms with E-state index in [0.717, 1.165) is 0 Å². The summed E-state index contributed by atoms with van der Waals surface area (Å²) in [7, 11) is 0. The summed E-state index contributed by atoms with van der Waals surface area (Å²) in [6.45, 7) is 6.18. The van der Waals surface area contributed by atoms with Crippen LogP contribution in [0.15, 0.2) is 24.3 Å². The van der Waals surface area contributed by atoms with Gasteiger partial charge in [0, 0.05) is 0 Å². The molecule has 0 atom stereocenters. The van der Waals surface area contributed by atoms with Gasteiger partial charge in [0.05, 0.1) is 13.2 Å². The molecule has 1 aromatic rings. The molecule has 0 heterocycles. The lowest BCUT2D eigenvalue weighted by Crippen LogP contribution is -2.09. The molecule has 0 unspecified atom stereocenters. The number of benzene rings is 1. The molecular weight excluding hydrogens is 208 g/mol. The van der Waals surface area contributed by atoms with Crippen molar-refractivity contribution >= 4 is 5.97 Å². The van der Waals surface area contributed by atoms with Crippen LogP contribution in [0.5, 0.6) is 5.75 Å². The summed E-state index contributed by atoms with van der Waals surface area (Å²) >= 11 is 0. The van der Waals surface area contributed by atoms with E-state index in [-0.39, 0.29) is 6.61 Å². The Balaban J connectivity index is 2.66. The van der Waals surface area contributed by atoms with Crippen LogP contribution >= 0.6 is 0 Å². The average Bonchev–Trinajstić information content (AvgIpc) is 2.30. The van der Waals surface area contributed by atoms with Crippen LogP contribution in [0.1, 0.15) is 23.7 Å². The average molecular weight is 223 g/mol. The normalized spacial score (nSPS) is 9.88. The number of carbonyl (C=O) groups excluding carboxylic acids is 1. The van der Waals surface area contributed by atoms with E-state index in [1.54, 1.807) is 24.3 Å². The molecule has 0 aromatic heterocycles. The topological polar surface area (TPSA) is 44.8 Å². The van der Waals surface area contributed by atoms with E-state index < -0.39 is 5.97 Å². The minimum Gasteiger partial charge on any atom is -0.493 e. The molecular formula is C12H15O4. The van der Waals surface area contributed by atoms with Crippen molar-refractivity contribution in [1.29, 1.82) is 0 Å². The maximum atomic E-state index is 11.6. The first-order valence-corrected chi connectivity index (χ1v) is 5.14. The minimum atomic E-state index is -0.558. The quantitative estimate of drug-likeness (QED) is 0.422. The molecule has 87 valence electrons. The molecule has 0 amide bonds. The molecule has 0 aliphatic rings. The van der Waals surface area contributed by atoms with Gasteiger partial charge in [-0.1, -0.05) is 19.1 Å². The van der Waals surface area contributed by atoms with Crippen LogP contribution in [-0.4, -0.2) is 19.2 Å². The zero-order valence-electron chi connectivity index (χ0n) is 9.27. The summed E-state index contributed by atoms with van der Waals surface area (Å²) in [5.41, 5.74) is 0.355. The van der Waals surface area contributed by atoms with Gasteiger partial charge in [-0.05, 0) is 25.5 Å². The zero-order chi connectivity index (χ0) is 11.8. The van der Waals surface area contributed by atoms with Crippen molar-refractivity contribution in [3.05, 3.63) is 36.8 Å². The summed E-state index contributed by atoms with van der Waals surface area (Å²) in [6.07, 6.45) is 0.542. The Kier molecular flexibility index (Phi) is 5.36. The van der Waals surface area contributed by atoms with Crippen molar-refractivity contribution in [2.45, 2.75) is 13.3 Å². The van der Waals surface area contributed by atoms with E-state index in [4.69, 9.17) is 4.74 Å². The van der Waals surface area contributed by atoms with Crippen LogP contribution in [-0.2, 0) is 9.78 Å². The van der Waals surface area contributed by atoms with Gasteiger partial charge >= 0.3 is 5.97 Å². The Morgan fingerprint density at radius 3 is 2.81 bits per heavy atom. The predicted octanol–water partition coefficient (Wildman–Crippen LogP) is 2.40. The Morgan fingerprint density at radius 2 is 2.12 bits per heavy atom. The highest BCUT2D eigenvalue weighted by molar-refractivity contribution is 5.92. The van der Waals surface area contributed by atoms with Crippen LogP contribution < -0.4 is 4.74 Å². The molecule has 0 aliphatic heterocycles. The Hall–Kier alpha value is -1.55. The zero-order valence-corrected chi connectivity index (χ0v) is 9.27. The molecule has 4 nitrogen and oxygen atoms in total. The monoisotopic (exact) mass is 223 g/mol. The van der Waals surface area contributed by atoms with Crippen LogP contribution in [0.25, 0.3) is 0 Å². The number of para-hydroxylation sites is 1. The van der Waals surface area contributed by atoms with Crippen molar-refractivity contribution < 1.29 is 19.3 Å². The van der Waals surface area contributed by atoms with Gasteiger partial charge in [0.25, 0.3) is 0 Å². The highest BCUT2D eigenvalue weighted by Gasteiger charge is 2.13. The summed E-state index contributed by atoms with van der Waals surface area (Å²) < 4.78 is 5.30. The first-order valence-electron chi connectivity index (χ1n) is 5.14. The Bertz CT molecular complexity index is 336. The third-order valence-electron chi connectivity index (χ3n) is 1.77. The lowest BCUT2D eigenvalue weighted by Gasteiger charge is -2.08. The van der Waals surface area contributed by atoms with Gasteiger partial charge in [0.1, 0.15) is 11.3 Å². The molecule has 4 heteroatoms. The highest BCUT2D eigenvalue weighted by Crippen LogP contribution is 2.18. The molecule has 0 saturated carbocycles. The molecule has 0 saturated heterocycles. The number of hydrogen-bond acceptors (Lipinski definition) is 4. The number of hydrogen-bond donors (Lipinski definition) is 0. The van der Waals surface area contributed by atoms with Gasteiger partial charge in [-0.3, -0.25) is 4.89 Å².